The third-order valence-corrected chi connectivity index (χ3v) is 5.89. The molecule has 0 unspecified atom stereocenters. The number of sulfonamides is 1. The normalized spacial score (nSPS) is 20.8. The van der Waals surface area contributed by atoms with Crippen LogP contribution in [0.5, 0.6) is 0 Å². The van der Waals surface area contributed by atoms with E-state index in [4.69, 9.17) is 5.26 Å². The van der Waals surface area contributed by atoms with E-state index in [0.717, 1.165) is 31.5 Å². The summed E-state index contributed by atoms with van der Waals surface area (Å²) in [5.41, 5.74) is 1.04. The van der Waals surface area contributed by atoms with Gasteiger partial charge in [0, 0.05) is 19.1 Å². The molecule has 126 valence electrons. The van der Waals surface area contributed by atoms with Crippen LogP contribution < -0.4 is 4.72 Å². The minimum absolute atomic E-state index is 0.233. The molecule has 2 atom stereocenters. The van der Waals surface area contributed by atoms with E-state index in [-0.39, 0.29) is 6.04 Å². The smallest absolute Gasteiger partial charge is 0.240 e. The monoisotopic (exact) mass is 335 g/mol. The average molecular weight is 335 g/mol. The second kappa shape index (κ2) is 7.91. The fourth-order valence-electron chi connectivity index (χ4n) is 2.95. The Balaban J connectivity index is 1.92. The van der Waals surface area contributed by atoms with Crippen LogP contribution in [0.3, 0.4) is 0 Å². The second-order valence-electron chi connectivity index (χ2n) is 6.38. The van der Waals surface area contributed by atoms with Crippen molar-refractivity contribution in [1.82, 2.24) is 9.62 Å². The summed E-state index contributed by atoms with van der Waals surface area (Å²) in [5, 5.41) is 8.82. The van der Waals surface area contributed by atoms with Crippen LogP contribution in [0.1, 0.15) is 31.7 Å². The minimum atomic E-state index is -3.45. The Hall–Kier alpha value is -1.42. The Labute approximate surface area is 139 Å². The number of likely N-dealkylation sites (tertiary alicyclic amines) is 1. The van der Waals surface area contributed by atoms with E-state index in [1.54, 1.807) is 24.3 Å². The van der Waals surface area contributed by atoms with E-state index in [1.165, 1.54) is 0 Å². The highest BCUT2D eigenvalue weighted by molar-refractivity contribution is 7.89. The molecule has 1 aromatic rings. The van der Waals surface area contributed by atoms with Crippen LogP contribution in [0.2, 0.25) is 0 Å². The van der Waals surface area contributed by atoms with Gasteiger partial charge in [0.25, 0.3) is 0 Å². The van der Waals surface area contributed by atoms with Gasteiger partial charge in [-0.25, -0.2) is 13.1 Å². The zero-order valence-corrected chi connectivity index (χ0v) is 14.6. The average Bonchev–Trinajstić information content (AvgIpc) is 2.54. The first-order chi connectivity index (χ1) is 10.9. The van der Waals surface area contributed by atoms with Crippen LogP contribution in [0.25, 0.3) is 0 Å². The first-order valence-corrected chi connectivity index (χ1v) is 9.58. The van der Waals surface area contributed by atoms with Crippen molar-refractivity contribution in [3.8, 4) is 6.07 Å². The maximum Gasteiger partial charge on any atom is 0.240 e. The van der Waals surface area contributed by atoms with Gasteiger partial charge in [0.15, 0.2) is 0 Å². The molecule has 1 saturated heterocycles. The number of hydrogen-bond acceptors (Lipinski definition) is 4. The summed E-state index contributed by atoms with van der Waals surface area (Å²) in [4.78, 5) is 2.60. The number of nitrogens with one attached hydrogen (secondary N) is 1. The van der Waals surface area contributed by atoms with Crippen LogP contribution in [-0.2, 0) is 10.0 Å². The molecule has 0 bridgehead atoms. The van der Waals surface area contributed by atoms with Crippen LogP contribution in [-0.4, -0.2) is 39.0 Å². The number of piperidine rings is 1. The molecule has 2 rings (SSSR count). The summed E-state index contributed by atoms with van der Waals surface area (Å²) in [6.07, 6.45) is 2.58. The first-order valence-electron chi connectivity index (χ1n) is 8.09. The Morgan fingerprint density at radius 2 is 2.09 bits per heavy atom. The van der Waals surface area contributed by atoms with Gasteiger partial charge < -0.3 is 0 Å². The fourth-order valence-corrected chi connectivity index (χ4v) is 4.07. The van der Waals surface area contributed by atoms with Crippen LogP contribution in [0.15, 0.2) is 29.2 Å². The maximum atomic E-state index is 12.3. The van der Waals surface area contributed by atoms with Gasteiger partial charge in [-0.15, -0.1) is 0 Å². The van der Waals surface area contributed by atoms with Gasteiger partial charge in [0.05, 0.1) is 17.4 Å². The van der Waals surface area contributed by atoms with Crippen molar-refractivity contribution < 1.29 is 8.42 Å². The molecule has 5 nitrogen and oxygen atoms in total. The Morgan fingerprint density at radius 3 is 2.74 bits per heavy atom. The summed E-state index contributed by atoms with van der Waals surface area (Å²) < 4.78 is 27.4. The predicted octanol–water partition coefficient (Wildman–Crippen LogP) is 2.29. The van der Waals surface area contributed by atoms with E-state index in [2.05, 4.69) is 22.6 Å². The highest BCUT2D eigenvalue weighted by atomic mass is 32.2. The van der Waals surface area contributed by atoms with Gasteiger partial charge in [-0.1, -0.05) is 17.7 Å². The number of benzene rings is 1. The van der Waals surface area contributed by atoms with Crippen LogP contribution in [0.4, 0.5) is 0 Å². The molecule has 6 heteroatoms. The van der Waals surface area contributed by atoms with Crippen molar-refractivity contribution in [1.29, 1.82) is 5.26 Å². The number of hydrogen-bond donors (Lipinski definition) is 1. The minimum Gasteiger partial charge on any atom is -0.299 e. The molecule has 0 aromatic heterocycles. The van der Waals surface area contributed by atoms with E-state index in [0.29, 0.717) is 23.8 Å². The number of nitriles is 1. The van der Waals surface area contributed by atoms with Crippen molar-refractivity contribution >= 4 is 10.0 Å². The quantitative estimate of drug-likeness (QED) is 0.865. The van der Waals surface area contributed by atoms with Crippen LogP contribution in [0, 0.1) is 24.2 Å². The van der Waals surface area contributed by atoms with E-state index in [9.17, 15) is 8.42 Å². The lowest BCUT2D eigenvalue weighted by Crippen LogP contribution is -2.44. The summed E-state index contributed by atoms with van der Waals surface area (Å²) >= 11 is 0. The molecule has 0 amide bonds. The van der Waals surface area contributed by atoms with E-state index < -0.39 is 10.0 Å². The summed E-state index contributed by atoms with van der Waals surface area (Å²) in [7, 11) is -3.45. The highest BCUT2D eigenvalue weighted by Crippen LogP contribution is 2.20. The van der Waals surface area contributed by atoms with Crippen LogP contribution >= 0.6 is 0 Å². The molecule has 1 heterocycles. The van der Waals surface area contributed by atoms with Crippen molar-refractivity contribution in [3.05, 3.63) is 29.8 Å². The van der Waals surface area contributed by atoms with Gasteiger partial charge in [-0.3, -0.25) is 4.90 Å². The fraction of sp³-hybridized carbons (Fsp3) is 0.588. The van der Waals surface area contributed by atoms with Gasteiger partial charge in [0.1, 0.15) is 0 Å². The largest absolute Gasteiger partial charge is 0.299 e. The molecule has 1 fully saturated rings. The third kappa shape index (κ3) is 5.03. The number of rotatable bonds is 6. The van der Waals surface area contributed by atoms with Gasteiger partial charge in [-0.2, -0.15) is 5.26 Å². The molecule has 1 aliphatic heterocycles. The molecule has 23 heavy (non-hydrogen) atoms. The molecular weight excluding hydrogens is 310 g/mol. The summed E-state index contributed by atoms with van der Waals surface area (Å²) in [6.45, 7) is 6.28. The number of aryl methyl sites for hydroxylation is 1. The lowest BCUT2D eigenvalue weighted by atomic mass is 9.97. The lowest BCUT2D eigenvalue weighted by Gasteiger charge is -2.36. The lowest BCUT2D eigenvalue weighted by molar-refractivity contribution is 0.134. The van der Waals surface area contributed by atoms with E-state index >= 15 is 0 Å². The van der Waals surface area contributed by atoms with Gasteiger partial charge in [-0.05, 0) is 51.3 Å². The van der Waals surface area contributed by atoms with Gasteiger partial charge >= 0.3 is 0 Å². The molecule has 0 saturated carbocycles. The Morgan fingerprint density at radius 1 is 1.39 bits per heavy atom. The summed E-state index contributed by atoms with van der Waals surface area (Å²) in [5.74, 6) is 0.296. The molecular formula is C17H25N3O2S. The first kappa shape index (κ1) is 17.9. The second-order valence-corrected chi connectivity index (χ2v) is 8.15. The van der Waals surface area contributed by atoms with Crippen molar-refractivity contribution in [2.24, 2.45) is 5.92 Å². The highest BCUT2D eigenvalue weighted by Gasteiger charge is 2.25. The zero-order chi connectivity index (χ0) is 16.9. The van der Waals surface area contributed by atoms with Gasteiger partial charge in [0.2, 0.25) is 10.0 Å². The molecule has 1 aliphatic rings. The summed E-state index contributed by atoms with van der Waals surface area (Å²) in [6, 6.07) is 9.33. The zero-order valence-electron chi connectivity index (χ0n) is 13.8. The molecule has 1 aromatic carbocycles. The topological polar surface area (TPSA) is 73.2 Å². The third-order valence-electron chi connectivity index (χ3n) is 4.45. The number of nitrogens with zero attached hydrogens (tertiary/aromatic N) is 2. The molecule has 0 spiro atoms. The maximum absolute atomic E-state index is 12.3. The van der Waals surface area contributed by atoms with Crippen molar-refractivity contribution in [2.75, 3.05) is 19.6 Å². The van der Waals surface area contributed by atoms with Crippen molar-refractivity contribution in [2.45, 2.75) is 44.0 Å². The standard InChI is InChI=1S/C17H25N3O2S/c1-14-5-7-17(8-6-14)23(21,22)19-12-16-4-3-11-20(13-16)15(2)9-10-18/h5-8,15-16,19H,3-4,9,11-13H2,1-2H3/t15-,16+/m0/s1. The van der Waals surface area contributed by atoms with E-state index in [1.807, 2.05) is 6.92 Å². The molecule has 0 aliphatic carbocycles. The Bertz CT molecular complexity index is 649. The predicted molar refractivity (Wildman–Crippen MR) is 90.4 cm³/mol. The van der Waals surface area contributed by atoms with Crippen molar-refractivity contribution in [3.63, 3.8) is 0 Å². The Kier molecular flexibility index (Phi) is 6.17. The molecule has 1 N–H and O–H groups in total. The SMILES string of the molecule is Cc1ccc(S(=O)(=O)NC[C@H]2CCCN([C@@H](C)CC#N)C2)cc1. The molecule has 0 radical (unpaired) electrons.